The second-order valence-electron chi connectivity index (χ2n) is 4.48. The lowest BCUT2D eigenvalue weighted by Crippen LogP contribution is -2.27. The van der Waals surface area contributed by atoms with Crippen molar-refractivity contribution in [3.63, 3.8) is 0 Å². The number of anilines is 1. The molecular formula is C16H17BrN2O2. The van der Waals surface area contributed by atoms with E-state index >= 15 is 0 Å². The van der Waals surface area contributed by atoms with Crippen molar-refractivity contribution in [2.45, 2.75) is 6.54 Å². The summed E-state index contributed by atoms with van der Waals surface area (Å²) in [5, 5.41) is 5.94. The van der Waals surface area contributed by atoms with E-state index in [1.54, 1.807) is 7.11 Å². The largest absolute Gasteiger partial charge is 0.497 e. The maximum atomic E-state index is 11.8. The number of para-hydroxylation sites is 1. The van der Waals surface area contributed by atoms with Gasteiger partial charge in [0, 0.05) is 16.7 Å². The molecule has 4 nitrogen and oxygen atoms in total. The molecule has 0 spiro atoms. The first kappa shape index (κ1) is 15.5. The van der Waals surface area contributed by atoms with E-state index in [9.17, 15) is 4.79 Å². The van der Waals surface area contributed by atoms with Crippen LogP contribution in [0.2, 0.25) is 0 Å². The Bertz CT molecular complexity index is 602. The van der Waals surface area contributed by atoms with Crippen LogP contribution in [0, 0.1) is 0 Å². The molecule has 0 aliphatic heterocycles. The van der Waals surface area contributed by atoms with Crippen molar-refractivity contribution in [3.05, 3.63) is 58.6 Å². The molecule has 2 N–H and O–H groups in total. The summed E-state index contributed by atoms with van der Waals surface area (Å²) in [6.07, 6.45) is 0. The summed E-state index contributed by atoms with van der Waals surface area (Å²) in [6.45, 7) is 0.832. The molecule has 0 radical (unpaired) electrons. The van der Waals surface area contributed by atoms with Gasteiger partial charge < -0.3 is 15.4 Å². The molecular weight excluding hydrogens is 332 g/mol. The lowest BCUT2D eigenvalue weighted by atomic mass is 10.2. The number of methoxy groups -OCH3 is 1. The number of ether oxygens (including phenoxy) is 1. The summed E-state index contributed by atoms with van der Waals surface area (Å²) in [6, 6.07) is 15.1. The van der Waals surface area contributed by atoms with E-state index in [2.05, 4.69) is 26.6 Å². The first-order chi connectivity index (χ1) is 10.2. The molecule has 0 fully saturated rings. The van der Waals surface area contributed by atoms with Crippen LogP contribution in [0.15, 0.2) is 53.0 Å². The molecule has 2 aromatic carbocycles. The minimum Gasteiger partial charge on any atom is -0.497 e. The third-order valence-corrected chi connectivity index (χ3v) is 3.69. The summed E-state index contributed by atoms with van der Waals surface area (Å²) in [5.74, 6) is 0.726. The smallest absolute Gasteiger partial charge is 0.238 e. The highest BCUT2D eigenvalue weighted by Crippen LogP contribution is 2.22. The zero-order valence-electron chi connectivity index (χ0n) is 11.7. The monoisotopic (exact) mass is 348 g/mol. The van der Waals surface area contributed by atoms with Crippen LogP contribution in [-0.4, -0.2) is 19.6 Å². The van der Waals surface area contributed by atoms with Crippen molar-refractivity contribution in [1.29, 1.82) is 0 Å². The average Bonchev–Trinajstić information content (AvgIpc) is 2.50. The summed E-state index contributed by atoms with van der Waals surface area (Å²) in [4.78, 5) is 11.8. The van der Waals surface area contributed by atoms with Crippen LogP contribution in [-0.2, 0) is 11.3 Å². The third-order valence-electron chi connectivity index (χ3n) is 2.91. The van der Waals surface area contributed by atoms with Crippen molar-refractivity contribution in [1.82, 2.24) is 5.32 Å². The normalized spacial score (nSPS) is 10.2. The van der Waals surface area contributed by atoms with Gasteiger partial charge in [0.05, 0.1) is 13.7 Å². The highest BCUT2D eigenvalue weighted by Gasteiger charge is 2.04. The second kappa shape index (κ2) is 7.81. The Labute approximate surface area is 132 Å². The Balaban J connectivity index is 1.83. The maximum absolute atomic E-state index is 11.8. The Morgan fingerprint density at radius 3 is 2.67 bits per heavy atom. The number of carbonyl (C=O) groups is 1. The van der Waals surface area contributed by atoms with Crippen LogP contribution >= 0.6 is 15.9 Å². The van der Waals surface area contributed by atoms with Crippen molar-refractivity contribution < 1.29 is 9.53 Å². The van der Waals surface area contributed by atoms with Crippen LogP contribution in [0.3, 0.4) is 0 Å². The predicted octanol–water partition coefficient (Wildman–Crippen LogP) is 3.19. The fraction of sp³-hybridized carbons (Fsp3) is 0.188. The van der Waals surface area contributed by atoms with Gasteiger partial charge in [-0.1, -0.05) is 34.1 Å². The molecule has 110 valence electrons. The van der Waals surface area contributed by atoms with Crippen LogP contribution < -0.4 is 15.4 Å². The Morgan fingerprint density at radius 1 is 1.19 bits per heavy atom. The van der Waals surface area contributed by atoms with Gasteiger partial charge in [-0.2, -0.15) is 0 Å². The second-order valence-corrected chi connectivity index (χ2v) is 5.33. The molecule has 0 bridgehead atoms. The van der Waals surface area contributed by atoms with Crippen molar-refractivity contribution >= 4 is 27.5 Å². The lowest BCUT2D eigenvalue weighted by molar-refractivity contribution is -0.115. The summed E-state index contributed by atoms with van der Waals surface area (Å²) < 4.78 is 6.17. The SMILES string of the molecule is COc1ccc(Br)c(CNCC(=O)Nc2ccccc2)c1. The quantitative estimate of drug-likeness (QED) is 0.842. The Hall–Kier alpha value is -1.85. The number of nitrogens with one attached hydrogen (secondary N) is 2. The average molecular weight is 349 g/mol. The summed E-state index contributed by atoms with van der Waals surface area (Å²) in [5.41, 5.74) is 1.84. The van der Waals surface area contributed by atoms with E-state index in [0.29, 0.717) is 6.54 Å². The fourth-order valence-electron chi connectivity index (χ4n) is 1.85. The molecule has 2 rings (SSSR count). The number of hydrogen-bond donors (Lipinski definition) is 2. The molecule has 0 atom stereocenters. The number of hydrogen-bond acceptors (Lipinski definition) is 3. The maximum Gasteiger partial charge on any atom is 0.238 e. The highest BCUT2D eigenvalue weighted by atomic mass is 79.9. The summed E-state index contributed by atoms with van der Waals surface area (Å²) >= 11 is 3.48. The molecule has 0 aliphatic carbocycles. The molecule has 0 aliphatic rings. The molecule has 0 heterocycles. The van der Waals surface area contributed by atoms with Crippen molar-refractivity contribution in [2.75, 3.05) is 19.0 Å². The van der Waals surface area contributed by atoms with Gasteiger partial charge in [0.2, 0.25) is 5.91 Å². The van der Waals surface area contributed by atoms with Crippen LogP contribution in [0.5, 0.6) is 5.75 Å². The zero-order chi connectivity index (χ0) is 15.1. The van der Waals surface area contributed by atoms with E-state index in [-0.39, 0.29) is 12.5 Å². The van der Waals surface area contributed by atoms with Gasteiger partial charge in [0.1, 0.15) is 5.75 Å². The molecule has 2 aromatic rings. The summed E-state index contributed by atoms with van der Waals surface area (Å²) in [7, 11) is 1.63. The van der Waals surface area contributed by atoms with Gasteiger partial charge in [0.25, 0.3) is 0 Å². The molecule has 0 unspecified atom stereocenters. The molecule has 5 heteroatoms. The fourth-order valence-corrected chi connectivity index (χ4v) is 2.24. The van der Waals surface area contributed by atoms with Crippen molar-refractivity contribution in [2.24, 2.45) is 0 Å². The highest BCUT2D eigenvalue weighted by molar-refractivity contribution is 9.10. The van der Waals surface area contributed by atoms with E-state index in [1.807, 2.05) is 48.5 Å². The van der Waals surface area contributed by atoms with Crippen LogP contribution in [0.4, 0.5) is 5.69 Å². The third kappa shape index (κ3) is 4.88. The number of amides is 1. The van der Waals surface area contributed by atoms with Gasteiger partial charge >= 0.3 is 0 Å². The first-order valence-electron chi connectivity index (χ1n) is 6.57. The van der Waals surface area contributed by atoms with Gasteiger partial charge in [-0.25, -0.2) is 0 Å². The molecule has 21 heavy (non-hydrogen) atoms. The number of carbonyl (C=O) groups excluding carboxylic acids is 1. The first-order valence-corrected chi connectivity index (χ1v) is 7.36. The van der Waals surface area contributed by atoms with Crippen LogP contribution in [0.25, 0.3) is 0 Å². The van der Waals surface area contributed by atoms with Gasteiger partial charge in [0.15, 0.2) is 0 Å². The van der Waals surface area contributed by atoms with Crippen LogP contribution in [0.1, 0.15) is 5.56 Å². The number of benzene rings is 2. The predicted molar refractivity (Wildman–Crippen MR) is 87.5 cm³/mol. The topological polar surface area (TPSA) is 50.4 Å². The van der Waals surface area contributed by atoms with E-state index in [4.69, 9.17) is 4.74 Å². The van der Waals surface area contributed by atoms with Gasteiger partial charge in [-0.15, -0.1) is 0 Å². The zero-order valence-corrected chi connectivity index (χ0v) is 13.3. The van der Waals surface area contributed by atoms with E-state index in [0.717, 1.165) is 21.5 Å². The van der Waals surface area contributed by atoms with Crippen molar-refractivity contribution in [3.8, 4) is 5.75 Å². The molecule has 0 aromatic heterocycles. The van der Waals surface area contributed by atoms with Gasteiger partial charge in [-0.05, 0) is 35.9 Å². The Kier molecular flexibility index (Phi) is 5.78. The number of halogens is 1. The Morgan fingerprint density at radius 2 is 1.95 bits per heavy atom. The molecule has 1 amide bonds. The standard InChI is InChI=1S/C16H17BrN2O2/c1-21-14-7-8-15(17)12(9-14)10-18-11-16(20)19-13-5-3-2-4-6-13/h2-9,18H,10-11H2,1H3,(H,19,20). The van der Waals surface area contributed by atoms with E-state index < -0.39 is 0 Å². The lowest BCUT2D eigenvalue weighted by Gasteiger charge is -2.09. The minimum absolute atomic E-state index is 0.0692. The molecule has 0 saturated heterocycles. The molecule has 0 saturated carbocycles. The van der Waals surface area contributed by atoms with E-state index in [1.165, 1.54) is 0 Å². The number of rotatable bonds is 6. The minimum atomic E-state index is -0.0692. The van der Waals surface area contributed by atoms with Gasteiger partial charge in [-0.3, -0.25) is 4.79 Å².